The molecule has 2 rings (SSSR count). The highest BCUT2D eigenvalue weighted by Crippen LogP contribution is 2.25. The fourth-order valence-electron chi connectivity index (χ4n) is 1.42. The summed E-state index contributed by atoms with van der Waals surface area (Å²) in [6.07, 6.45) is 0. The Bertz CT molecular complexity index is 744. The number of carbonyl (C=O) groups is 1. The number of hydrazone groups is 1. The van der Waals surface area contributed by atoms with Gasteiger partial charge < -0.3 is 22.9 Å². The highest BCUT2D eigenvalue weighted by molar-refractivity contribution is 7.13. The number of aliphatic imine (C=N–C) groups is 1. The van der Waals surface area contributed by atoms with Crippen LogP contribution in [0, 0.1) is 0 Å². The molecule has 0 saturated heterocycles. The van der Waals surface area contributed by atoms with Crippen molar-refractivity contribution in [2.45, 2.75) is 0 Å². The van der Waals surface area contributed by atoms with Gasteiger partial charge >= 0.3 is 0 Å². The number of pyridine rings is 1. The number of guanidine groups is 2. The smallest absolute Gasteiger partial charge is 0.290 e. The molecule has 9 N–H and O–H groups in total. The second-order valence-corrected chi connectivity index (χ2v) is 4.77. The molecule has 0 aliphatic carbocycles. The zero-order valence-corrected chi connectivity index (χ0v) is 12.0. The van der Waals surface area contributed by atoms with E-state index in [1.807, 2.05) is 0 Å². The molecule has 22 heavy (non-hydrogen) atoms. The molecule has 0 atom stereocenters. The molecule has 2 aromatic rings. The predicted molar refractivity (Wildman–Crippen MR) is 84.1 cm³/mol. The van der Waals surface area contributed by atoms with E-state index in [-0.39, 0.29) is 17.6 Å². The number of aromatic nitrogens is 2. The summed E-state index contributed by atoms with van der Waals surface area (Å²) in [7, 11) is 0. The summed E-state index contributed by atoms with van der Waals surface area (Å²) in [5.41, 5.74) is 24.2. The maximum atomic E-state index is 11.8. The van der Waals surface area contributed by atoms with Gasteiger partial charge in [0.05, 0.1) is 5.69 Å². The molecule has 0 bridgehead atoms. The van der Waals surface area contributed by atoms with E-state index in [1.165, 1.54) is 17.4 Å². The molecule has 0 aliphatic heterocycles. The van der Waals surface area contributed by atoms with Gasteiger partial charge in [-0.3, -0.25) is 4.79 Å². The molecule has 0 spiro atoms. The third kappa shape index (κ3) is 3.89. The highest BCUT2D eigenvalue weighted by atomic mass is 32.1. The topological polar surface area (TPSA) is 184 Å². The number of thiazole rings is 1. The van der Waals surface area contributed by atoms with Crippen LogP contribution in [0.25, 0.3) is 11.4 Å². The number of rotatable bonds is 4. The van der Waals surface area contributed by atoms with Crippen LogP contribution < -0.4 is 28.4 Å². The molecule has 0 radical (unpaired) electrons. The minimum Gasteiger partial charge on any atom is -0.370 e. The number of carbonyl (C=O) groups excluding carboxylic acids is 1. The van der Waals surface area contributed by atoms with Crippen molar-refractivity contribution >= 4 is 34.3 Å². The Hall–Kier alpha value is -3.21. The van der Waals surface area contributed by atoms with E-state index in [0.29, 0.717) is 16.5 Å². The maximum absolute atomic E-state index is 11.8. The first-order valence-electron chi connectivity index (χ1n) is 5.87. The SMILES string of the molecule is NC(N)=NNC(=O)c1cccc(-c2csc(N=C(N)N)n2)n1. The van der Waals surface area contributed by atoms with Crippen LogP contribution in [0.5, 0.6) is 0 Å². The van der Waals surface area contributed by atoms with Gasteiger partial charge in [-0.15, -0.1) is 16.4 Å². The largest absolute Gasteiger partial charge is 0.370 e. The quantitative estimate of drug-likeness (QED) is 0.272. The molecule has 0 saturated carbocycles. The zero-order chi connectivity index (χ0) is 16.1. The van der Waals surface area contributed by atoms with Gasteiger partial charge in [0, 0.05) is 5.38 Å². The standard InChI is InChI=1S/C11H13N9OS/c12-9(13)18-11-17-7(4-22-11)5-2-1-3-6(16-5)8(21)19-20-10(14)15/h1-4H,(H,19,21)(H4,14,15,20)(H4,12,13,17,18). The summed E-state index contributed by atoms with van der Waals surface area (Å²) in [6, 6.07) is 4.88. The van der Waals surface area contributed by atoms with Gasteiger partial charge in [0.2, 0.25) is 11.1 Å². The van der Waals surface area contributed by atoms with Crippen LogP contribution in [0.15, 0.2) is 33.7 Å². The monoisotopic (exact) mass is 319 g/mol. The van der Waals surface area contributed by atoms with E-state index in [1.54, 1.807) is 17.5 Å². The Balaban J connectivity index is 2.25. The highest BCUT2D eigenvalue weighted by Gasteiger charge is 2.10. The summed E-state index contributed by atoms with van der Waals surface area (Å²) >= 11 is 1.25. The van der Waals surface area contributed by atoms with Crippen LogP contribution >= 0.6 is 11.3 Å². The van der Waals surface area contributed by atoms with Crippen molar-refractivity contribution in [1.82, 2.24) is 15.4 Å². The molecule has 2 heterocycles. The average Bonchev–Trinajstić information content (AvgIpc) is 2.92. The molecule has 0 aliphatic rings. The van der Waals surface area contributed by atoms with Gasteiger partial charge in [-0.2, -0.15) is 4.99 Å². The molecule has 2 aromatic heterocycles. The van der Waals surface area contributed by atoms with Crippen LogP contribution in [0.2, 0.25) is 0 Å². The molecule has 114 valence electrons. The van der Waals surface area contributed by atoms with Crippen LogP contribution in [-0.4, -0.2) is 27.8 Å². The lowest BCUT2D eigenvalue weighted by Crippen LogP contribution is -2.29. The minimum absolute atomic E-state index is 0.0841. The Labute approximate surface area is 128 Å². The zero-order valence-electron chi connectivity index (χ0n) is 11.2. The van der Waals surface area contributed by atoms with Crippen LogP contribution in [0.4, 0.5) is 5.13 Å². The number of nitrogens with one attached hydrogen (secondary N) is 1. The van der Waals surface area contributed by atoms with Crippen molar-refractivity contribution in [3.05, 3.63) is 29.3 Å². The summed E-state index contributed by atoms with van der Waals surface area (Å²) in [4.78, 5) is 24.0. The third-order valence-electron chi connectivity index (χ3n) is 2.25. The summed E-state index contributed by atoms with van der Waals surface area (Å²) in [5, 5.41) is 5.53. The first kappa shape index (κ1) is 15.2. The van der Waals surface area contributed by atoms with Crippen molar-refractivity contribution in [3.63, 3.8) is 0 Å². The maximum Gasteiger partial charge on any atom is 0.290 e. The second kappa shape index (κ2) is 6.49. The number of hydrogen-bond donors (Lipinski definition) is 5. The second-order valence-electron chi connectivity index (χ2n) is 3.94. The van der Waals surface area contributed by atoms with E-state index >= 15 is 0 Å². The Morgan fingerprint density at radius 1 is 1.09 bits per heavy atom. The van der Waals surface area contributed by atoms with E-state index in [4.69, 9.17) is 22.9 Å². The van der Waals surface area contributed by atoms with Crippen LogP contribution in [-0.2, 0) is 0 Å². The number of amides is 1. The first-order chi connectivity index (χ1) is 10.5. The lowest BCUT2D eigenvalue weighted by atomic mass is 10.2. The van der Waals surface area contributed by atoms with Crippen LogP contribution in [0.1, 0.15) is 10.5 Å². The predicted octanol–water partition coefficient (Wildman–Crippen LogP) is -0.972. The average molecular weight is 319 g/mol. The van der Waals surface area contributed by atoms with Crippen molar-refractivity contribution in [1.29, 1.82) is 0 Å². The van der Waals surface area contributed by atoms with Gasteiger partial charge in [-0.1, -0.05) is 6.07 Å². The first-order valence-corrected chi connectivity index (χ1v) is 6.75. The summed E-state index contributed by atoms with van der Waals surface area (Å²) in [6.45, 7) is 0. The Morgan fingerprint density at radius 3 is 2.55 bits per heavy atom. The number of nitrogens with two attached hydrogens (primary N) is 4. The molecular weight excluding hydrogens is 306 g/mol. The summed E-state index contributed by atoms with van der Waals surface area (Å²) < 4.78 is 0. The van der Waals surface area contributed by atoms with E-state index < -0.39 is 5.91 Å². The van der Waals surface area contributed by atoms with Gasteiger partial charge in [0.25, 0.3) is 5.91 Å². The molecule has 0 unspecified atom stereocenters. The third-order valence-corrected chi connectivity index (χ3v) is 2.98. The molecule has 0 aromatic carbocycles. The van der Waals surface area contributed by atoms with Gasteiger partial charge in [0.15, 0.2) is 5.96 Å². The molecular formula is C11H13N9OS. The van der Waals surface area contributed by atoms with Crippen molar-refractivity contribution in [2.24, 2.45) is 33.0 Å². The molecule has 1 amide bonds. The Morgan fingerprint density at radius 2 is 1.86 bits per heavy atom. The van der Waals surface area contributed by atoms with Crippen molar-refractivity contribution < 1.29 is 4.79 Å². The number of nitrogens with zero attached hydrogens (tertiary/aromatic N) is 4. The fraction of sp³-hybridized carbons (Fsp3) is 0. The van der Waals surface area contributed by atoms with Crippen molar-refractivity contribution in [3.8, 4) is 11.4 Å². The van der Waals surface area contributed by atoms with Gasteiger partial charge in [0.1, 0.15) is 11.4 Å². The molecule has 10 nitrogen and oxygen atoms in total. The number of hydrogen-bond acceptors (Lipinski definition) is 6. The normalized spacial score (nSPS) is 9.82. The molecule has 0 fully saturated rings. The minimum atomic E-state index is -0.546. The van der Waals surface area contributed by atoms with E-state index in [2.05, 4.69) is 25.5 Å². The van der Waals surface area contributed by atoms with Crippen LogP contribution in [0.3, 0.4) is 0 Å². The van der Waals surface area contributed by atoms with E-state index in [0.717, 1.165) is 0 Å². The fourth-order valence-corrected chi connectivity index (χ4v) is 2.12. The lowest BCUT2D eigenvalue weighted by molar-refractivity contribution is 0.0950. The van der Waals surface area contributed by atoms with Gasteiger partial charge in [-0.05, 0) is 12.1 Å². The molecule has 11 heteroatoms. The Kier molecular flexibility index (Phi) is 4.48. The van der Waals surface area contributed by atoms with Gasteiger partial charge in [-0.25, -0.2) is 15.4 Å². The summed E-state index contributed by atoms with van der Waals surface area (Å²) in [5.74, 6) is -0.889. The van der Waals surface area contributed by atoms with Crippen molar-refractivity contribution in [2.75, 3.05) is 0 Å². The lowest BCUT2D eigenvalue weighted by Gasteiger charge is -2.01. The van der Waals surface area contributed by atoms with E-state index in [9.17, 15) is 4.79 Å².